The Kier molecular flexibility index (Phi) is 3.83. The Morgan fingerprint density at radius 1 is 1.00 bits per heavy atom. The number of hydrogen-bond acceptors (Lipinski definition) is 2. The molecule has 3 rings (SSSR count). The molecule has 0 saturated heterocycles. The Morgan fingerprint density at radius 2 is 1.76 bits per heavy atom. The zero-order valence-electron chi connectivity index (χ0n) is 10.9. The van der Waals surface area contributed by atoms with Gasteiger partial charge >= 0.3 is 0 Å². The summed E-state index contributed by atoms with van der Waals surface area (Å²) in [6.45, 7) is 0. The maximum atomic E-state index is 9.19. The molecule has 0 bridgehead atoms. The SMILES string of the molecule is N#Cc1ccc(Nc2ccc(Cl)c(Br)c2)c2ccccc12. The third-order valence-electron chi connectivity index (χ3n) is 3.24. The second-order valence-electron chi connectivity index (χ2n) is 4.57. The molecule has 21 heavy (non-hydrogen) atoms. The number of benzene rings is 3. The second-order valence-corrected chi connectivity index (χ2v) is 5.83. The van der Waals surface area contributed by atoms with E-state index in [1.54, 1.807) is 0 Å². The molecule has 0 heterocycles. The zero-order chi connectivity index (χ0) is 14.8. The summed E-state index contributed by atoms with van der Waals surface area (Å²) in [5.41, 5.74) is 2.56. The monoisotopic (exact) mass is 356 g/mol. The summed E-state index contributed by atoms with van der Waals surface area (Å²) in [5, 5.41) is 15.2. The normalized spacial score (nSPS) is 10.3. The van der Waals surface area contributed by atoms with Crippen LogP contribution < -0.4 is 5.32 Å². The number of fused-ring (bicyclic) bond motifs is 1. The molecule has 0 spiro atoms. The van der Waals surface area contributed by atoms with Crippen molar-refractivity contribution in [2.24, 2.45) is 0 Å². The van der Waals surface area contributed by atoms with E-state index in [0.29, 0.717) is 10.6 Å². The zero-order valence-corrected chi connectivity index (χ0v) is 13.2. The van der Waals surface area contributed by atoms with Crippen LogP contribution in [0.3, 0.4) is 0 Å². The van der Waals surface area contributed by atoms with Gasteiger partial charge in [0.05, 0.1) is 16.7 Å². The van der Waals surface area contributed by atoms with E-state index in [1.165, 1.54) is 0 Å². The van der Waals surface area contributed by atoms with Crippen LogP contribution in [0.15, 0.2) is 59.1 Å². The van der Waals surface area contributed by atoms with E-state index in [2.05, 4.69) is 27.3 Å². The number of hydrogen-bond donors (Lipinski definition) is 1. The van der Waals surface area contributed by atoms with Crippen molar-refractivity contribution >= 4 is 49.7 Å². The molecule has 0 amide bonds. The Morgan fingerprint density at radius 3 is 2.48 bits per heavy atom. The van der Waals surface area contributed by atoms with Crippen LogP contribution in [-0.4, -0.2) is 0 Å². The number of nitrogens with zero attached hydrogens (tertiary/aromatic N) is 1. The maximum absolute atomic E-state index is 9.19. The van der Waals surface area contributed by atoms with Crippen LogP contribution >= 0.6 is 27.5 Å². The van der Waals surface area contributed by atoms with Gasteiger partial charge in [0.15, 0.2) is 0 Å². The lowest BCUT2D eigenvalue weighted by Gasteiger charge is -2.11. The molecular formula is C17H10BrClN2. The predicted molar refractivity (Wildman–Crippen MR) is 91.1 cm³/mol. The van der Waals surface area contributed by atoms with Crippen LogP contribution in [0.5, 0.6) is 0 Å². The fourth-order valence-electron chi connectivity index (χ4n) is 2.23. The molecule has 102 valence electrons. The third kappa shape index (κ3) is 2.73. The first-order valence-corrected chi connectivity index (χ1v) is 7.50. The maximum Gasteiger partial charge on any atom is 0.0998 e. The molecule has 2 nitrogen and oxygen atoms in total. The fraction of sp³-hybridized carbons (Fsp3) is 0. The van der Waals surface area contributed by atoms with Gasteiger partial charge in [-0.1, -0.05) is 35.9 Å². The quantitative estimate of drug-likeness (QED) is 0.622. The molecule has 0 fully saturated rings. The van der Waals surface area contributed by atoms with Crippen molar-refractivity contribution in [2.75, 3.05) is 5.32 Å². The standard InChI is InChI=1S/C17H10BrClN2/c18-15-9-12(6-7-16(15)19)21-17-8-5-11(10-20)13-3-1-2-4-14(13)17/h1-9,21H. The largest absolute Gasteiger partial charge is 0.355 e. The number of nitriles is 1. The minimum Gasteiger partial charge on any atom is -0.355 e. The first-order chi connectivity index (χ1) is 10.2. The summed E-state index contributed by atoms with van der Waals surface area (Å²) < 4.78 is 0.840. The van der Waals surface area contributed by atoms with Gasteiger partial charge in [-0.15, -0.1) is 0 Å². The average molecular weight is 358 g/mol. The molecule has 4 heteroatoms. The fourth-order valence-corrected chi connectivity index (χ4v) is 2.73. The van der Waals surface area contributed by atoms with Crippen molar-refractivity contribution in [1.29, 1.82) is 5.26 Å². The topological polar surface area (TPSA) is 35.8 Å². The molecule has 0 saturated carbocycles. The summed E-state index contributed by atoms with van der Waals surface area (Å²) in [4.78, 5) is 0. The van der Waals surface area contributed by atoms with Gasteiger partial charge in [0.2, 0.25) is 0 Å². The molecule has 0 aliphatic carbocycles. The number of anilines is 2. The van der Waals surface area contributed by atoms with Crippen LogP contribution in [0, 0.1) is 11.3 Å². The van der Waals surface area contributed by atoms with Crippen molar-refractivity contribution in [3.05, 3.63) is 69.7 Å². The smallest absolute Gasteiger partial charge is 0.0998 e. The van der Waals surface area contributed by atoms with Crippen molar-refractivity contribution in [2.45, 2.75) is 0 Å². The van der Waals surface area contributed by atoms with Crippen LogP contribution in [0.1, 0.15) is 5.56 Å². The van der Waals surface area contributed by atoms with E-state index in [9.17, 15) is 5.26 Å². The molecule has 1 N–H and O–H groups in total. The van der Waals surface area contributed by atoms with Crippen molar-refractivity contribution in [1.82, 2.24) is 0 Å². The van der Waals surface area contributed by atoms with E-state index in [1.807, 2.05) is 54.6 Å². The van der Waals surface area contributed by atoms with E-state index in [4.69, 9.17) is 11.6 Å². The highest BCUT2D eigenvalue weighted by molar-refractivity contribution is 9.10. The molecule has 0 unspecified atom stereocenters. The Labute approximate surface area is 136 Å². The second kappa shape index (κ2) is 5.77. The summed E-state index contributed by atoms with van der Waals surface area (Å²) >= 11 is 9.42. The van der Waals surface area contributed by atoms with Crippen molar-refractivity contribution in [3.8, 4) is 6.07 Å². The summed E-state index contributed by atoms with van der Waals surface area (Å²) in [6.07, 6.45) is 0. The summed E-state index contributed by atoms with van der Waals surface area (Å²) in [5.74, 6) is 0. The number of nitrogens with one attached hydrogen (secondary N) is 1. The highest BCUT2D eigenvalue weighted by Crippen LogP contribution is 2.31. The van der Waals surface area contributed by atoms with Gasteiger partial charge < -0.3 is 5.32 Å². The van der Waals surface area contributed by atoms with E-state index >= 15 is 0 Å². The first-order valence-electron chi connectivity index (χ1n) is 6.33. The van der Waals surface area contributed by atoms with Crippen LogP contribution in [-0.2, 0) is 0 Å². The van der Waals surface area contributed by atoms with E-state index in [0.717, 1.165) is 26.6 Å². The van der Waals surface area contributed by atoms with Gasteiger partial charge in [0.25, 0.3) is 0 Å². The lowest BCUT2D eigenvalue weighted by atomic mass is 10.0. The highest BCUT2D eigenvalue weighted by atomic mass is 79.9. The van der Waals surface area contributed by atoms with Crippen LogP contribution in [0.25, 0.3) is 10.8 Å². The summed E-state index contributed by atoms with van der Waals surface area (Å²) in [7, 11) is 0. The average Bonchev–Trinajstić information content (AvgIpc) is 2.51. The summed E-state index contributed by atoms with van der Waals surface area (Å²) in [6, 6.07) is 19.5. The Bertz CT molecular complexity index is 868. The lowest BCUT2D eigenvalue weighted by Crippen LogP contribution is -1.93. The Hall–Kier alpha value is -2.02. The molecule has 0 radical (unpaired) electrons. The number of halogens is 2. The molecule has 0 atom stereocenters. The minimum atomic E-state index is 0.672. The van der Waals surface area contributed by atoms with E-state index < -0.39 is 0 Å². The Balaban J connectivity index is 2.09. The van der Waals surface area contributed by atoms with Crippen molar-refractivity contribution < 1.29 is 0 Å². The van der Waals surface area contributed by atoms with Gasteiger partial charge in [-0.25, -0.2) is 0 Å². The van der Waals surface area contributed by atoms with Gasteiger partial charge in [0.1, 0.15) is 0 Å². The lowest BCUT2D eigenvalue weighted by molar-refractivity contribution is 1.50. The van der Waals surface area contributed by atoms with Gasteiger partial charge in [0, 0.05) is 26.6 Å². The van der Waals surface area contributed by atoms with Gasteiger partial charge in [-0.3, -0.25) is 0 Å². The highest BCUT2D eigenvalue weighted by Gasteiger charge is 2.06. The molecule has 0 aromatic heterocycles. The van der Waals surface area contributed by atoms with Crippen LogP contribution in [0.4, 0.5) is 11.4 Å². The molecular weight excluding hydrogens is 348 g/mol. The van der Waals surface area contributed by atoms with Gasteiger partial charge in [-0.2, -0.15) is 5.26 Å². The predicted octanol–water partition coefficient (Wildman–Crippen LogP) is 5.87. The van der Waals surface area contributed by atoms with Crippen LogP contribution in [0.2, 0.25) is 5.02 Å². The minimum absolute atomic E-state index is 0.672. The molecule has 3 aromatic carbocycles. The molecule has 0 aliphatic heterocycles. The van der Waals surface area contributed by atoms with Crippen molar-refractivity contribution in [3.63, 3.8) is 0 Å². The van der Waals surface area contributed by atoms with E-state index in [-0.39, 0.29) is 0 Å². The molecule has 0 aliphatic rings. The van der Waals surface area contributed by atoms with Gasteiger partial charge in [-0.05, 0) is 46.3 Å². The first kappa shape index (κ1) is 13.9. The third-order valence-corrected chi connectivity index (χ3v) is 4.46. The number of rotatable bonds is 2. The molecule has 3 aromatic rings.